The van der Waals surface area contributed by atoms with Crippen molar-refractivity contribution in [3.63, 3.8) is 0 Å². The van der Waals surface area contributed by atoms with Crippen molar-refractivity contribution in [2.45, 2.75) is 9.79 Å². The van der Waals surface area contributed by atoms with E-state index in [1.165, 1.54) is 41.0 Å². The summed E-state index contributed by atoms with van der Waals surface area (Å²) in [4.78, 5) is 8.73. The second-order valence-electron chi connectivity index (χ2n) is 6.87. The van der Waals surface area contributed by atoms with Crippen molar-refractivity contribution >= 4 is 37.9 Å². The Balaban J connectivity index is 1.90. The van der Waals surface area contributed by atoms with E-state index >= 15 is 0 Å². The lowest BCUT2D eigenvalue weighted by Gasteiger charge is -2.08. The minimum Gasteiger partial charge on any atom is -0.384 e. The molecule has 3 aromatic carbocycles. The van der Waals surface area contributed by atoms with Crippen molar-refractivity contribution in [1.82, 2.24) is 14.5 Å². The van der Waals surface area contributed by atoms with Gasteiger partial charge in [0.2, 0.25) is 9.84 Å². The molecular formula is C22H14F2N4O2S. The Kier molecular flexibility index (Phi) is 4.23. The zero-order valence-corrected chi connectivity index (χ0v) is 16.6. The number of sulfone groups is 1. The van der Waals surface area contributed by atoms with Gasteiger partial charge in [0.1, 0.15) is 27.9 Å². The van der Waals surface area contributed by atoms with Gasteiger partial charge in [0.15, 0.2) is 5.65 Å². The first-order chi connectivity index (χ1) is 14.9. The second kappa shape index (κ2) is 6.85. The third kappa shape index (κ3) is 3.01. The van der Waals surface area contributed by atoms with Crippen LogP contribution in [-0.4, -0.2) is 23.0 Å². The van der Waals surface area contributed by atoms with Gasteiger partial charge in [-0.3, -0.25) is 4.57 Å². The Morgan fingerprint density at radius 1 is 0.774 bits per heavy atom. The fraction of sp³-hybridized carbons (Fsp3) is 0. The van der Waals surface area contributed by atoms with E-state index in [1.54, 1.807) is 24.3 Å². The topological polar surface area (TPSA) is 90.9 Å². The maximum atomic E-state index is 13.5. The molecule has 0 aliphatic heterocycles. The summed E-state index contributed by atoms with van der Waals surface area (Å²) >= 11 is 0. The molecule has 0 unspecified atom stereocenters. The van der Waals surface area contributed by atoms with Gasteiger partial charge in [-0.25, -0.2) is 27.2 Å². The molecule has 2 heterocycles. The van der Waals surface area contributed by atoms with E-state index in [-0.39, 0.29) is 26.8 Å². The maximum Gasteiger partial charge on any atom is 0.212 e. The number of rotatable bonds is 3. The smallest absolute Gasteiger partial charge is 0.212 e. The number of para-hydroxylation sites is 2. The van der Waals surface area contributed by atoms with Crippen molar-refractivity contribution < 1.29 is 17.2 Å². The van der Waals surface area contributed by atoms with Crippen LogP contribution in [0.5, 0.6) is 0 Å². The molecular weight excluding hydrogens is 422 g/mol. The summed E-state index contributed by atoms with van der Waals surface area (Å²) in [5, 5.41) is 0. The van der Waals surface area contributed by atoms with E-state index in [0.29, 0.717) is 16.7 Å². The van der Waals surface area contributed by atoms with Crippen LogP contribution in [0, 0.1) is 11.6 Å². The average Bonchev–Trinajstić information content (AvgIpc) is 3.04. The van der Waals surface area contributed by atoms with E-state index in [0.717, 1.165) is 12.1 Å². The molecule has 0 amide bonds. The number of fused-ring (bicyclic) bond motifs is 2. The monoisotopic (exact) mass is 436 g/mol. The summed E-state index contributed by atoms with van der Waals surface area (Å²) in [7, 11) is -4.17. The molecule has 0 bridgehead atoms. The van der Waals surface area contributed by atoms with Crippen LogP contribution in [0.25, 0.3) is 27.9 Å². The van der Waals surface area contributed by atoms with E-state index in [2.05, 4.69) is 9.97 Å². The fourth-order valence-corrected chi connectivity index (χ4v) is 4.97. The van der Waals surface area contributed by atoms with Crippen LogP contribution in [0.4, 0.5) is 14.6 Å². The number of hydrogen-bond acceptors (Lipinski definition) is 5. The van der Waals surface area contributed by atoms with Crippen molar-refractivity contribution in [1.29, 1.82) is 0 Å². The number of halogens is 2. The summed E-state index contributed by atoms with van der Waals surface area (Å²) in [6.45, 7) is 0. The molecule has 0 spiro atoms. The molecule has 0 radical (unpaired) electrons. The molecule has 0 saturated carbocycles. The standard InChI is InChI=1S/C22H14F2N4O2S/c23-13-5-9-15(10-6-13)28-21(25)20(31(29,30)16-11-7-14(24)8-12-16)19-22(28)27-18-4-2-1-3-17(18)26-19/h1-12H,25H2. The van der Waals surface area contributed by atoms with Gasteiger partial charge in [-0.2, -0.15) is 0 Å². The molecule has 0 saturated heterocycles. The van der Waals surface area contributed by atoms with Gasteiger partial charge < -0.3 is 5.73 Å². The van der Waals surface area contributed by atoms with Crippen molar-refractivity contribution in [3.05, 3.63) is 84.4 Å². The molecule has 2 N–H and O–H groups in total. The largest absolute Gasteiger partial charge is 0.384 e. The molecule has 9 heteroatoms. The Bertz CT molecular complexity index is 1560. The van der Waals surface area contributed by atoms with Gasteiger partial charge in [-0.1, -0.05) is 12.1 Å². The molecule has 0 fully saturated rings. The number of nitrogens with two attached hydrogens (primary N) is 1. The van der Waals surface area contributed by atoms with E-state index < -0.39 is 21.5 Å². The Morgan fingerprint density at radius 2 is 1.32 bits per heavy atom. The van der Waals surface area contributed by atoms with Crippen LogP contribution in [0.2, 0.25) is 0 Å². The first-order valence-corrected chi connectivity index (χ1v) is 10.7. The van der Waals surface area contributed by atoms with E-state index in [1.807, 2.05) is 0 Å². The van der Waals surface area contributed by atoms with Crippen LogP contribution in [0.1, 0.15) is 0 Å². The molecule has 2 aromatic heterocycles. The highest BCUT2D eigenvalue weighted by atomic mass is 32.2. The number of nitrogens with zero attached hydrogens (tertiary/aromatic N) is 3. The van der Waals surface area contributed by atoms with Crippen molar-refractivity contribution in [2.24, 2.45) is 0 Å². The van der Waals surface area contributed by atoms with E-state index in [4.69, 9.17) is 5.73 Å². The quantitative estimate of drug-likeness (QED) is 0.427. The van der Waals surface area contributed by atoms with Crippen LogP contribution >= 0.6 is 0 Å². The SMILES string of the molecule is Nc1c(S(=O)(=O)c2ccc(F)cc2)c2nc3ccccc3nc2n1-c1ccc(F)cc1. The maximum absolute atomic E-state index is 13.5. The molecule has 31 heavy (non-hydrogen) atoms. The minimum atomic E-state index is -4.17. The van der Waals surface area contributed by atoms with Crippen molar-refractivity contribution in [2.75, 3.05) is 5.73 Å². The molecule has 5 rings (SSSR count). The van der Waals surface area contributed by atoms with Gasteiger partial charge in [-0.15, -0.1) is 0 Å². The lowest BCUT2D eigenvalue weighted by atomic mass is 10.3. The van der Waals surface area contributed by atoms with Crippen LogP contribution in [0.3, 0.4) is 0 Å². The van der Waals surface area contributed by atoms with Gasteiger partial charge in [0.05, 0.1) is 15.9 Å². The summed E-state index contributed by atoms with van der Waals surface area (Å²) in [5.41, 5.74) is 8.08. The van der Waals surface area contributed by atoms with Gasteiger partial charge >= 0.3 is 0 Å². The zero-order valence-electron chi connectivity index (χ0n) is 15.8. The normalized spacial score (nSPS) is 11.9. The molecule has 154 valence electrons. The van der Waals surface area contributed by atoms with Crippen LogP contribution < -0.4 is 5.73 Å². The lowest BCUT2D eigenvalue weighted by Crippen LogP contribution is -2.07. The second-order valence-corrected chi connectivity index (χ2v) is 8.75. The average molecular weight is 436 g/mol. The molecule has 0 atom stereocenters. The number of anilines is 1. The summed E-state index contributed by atoms with van der Waals surface area (Å²) in [6, 6.07) is 16.9. The Hall–Kier alpha value is -3.85. The molecule has 0 aliphatic carbocycles. The first-order valence-electron chi connectivity index (χ1n) is 9.19. The summed E-state index contributed by atoms with van der Waals surface area (Å²) < 4.78 is 55.2. The Labute approximate surface area is 175 Å². The zero-order chi connectivity index (χ0) is 21.8. The van der Waals surface area contributed by atoms with Gasteiger partial charge in [-0.05, 0) is 60.7 Å². The third-order valence-electron chi connectivity index (χ3n) is 4.93. The predicted molar refractivity (Wildman–Crippen MR) is 113 cm³/mol. The fourth-order valence-electron chi connectivity index (χ4n) is 3.48. The van der Waals surface area contributed by atoms with Crippen LogP contribution in [0.15, 0.2) is 82.6 Å². The highest BCUT2D eigenvalue weighted by Crippen LogP contribution is 2.37. The first kappa shape index (κ1) is 19.1. The number of nitrogen functional groups attached to an aromatic ring is 1. The number of hydrogen-bond donors (Lipinski definition) is 1. The molecule has 6 nitrogen and oxygen atoms in total. The third-order valence-corrected chi connectivity index (χ3v) is 6.76. The predicted octanol–water partition coefficient (Wildman–Crippen LogP) is 4.27. The Morgan fingerprint density at radius 3 is 1.94 bits per heavy atom. The van der Waals surface area contributed by atoms with Gasteiger partial charge in [0, 0.05) is 5.69 Å². The number of benzene rings is 3. The number of aromatic nitrogens is 3. The lowest BCUT2D eigenvalue weighted by molar-refractivity contribution is 0.595. The highest BCUT2D eigenvalue weighted by Gasteiger charge is 2.30. The minimum absolute atomic E-state index is 0.0739. The van der Waals surface area contributed by atoms with Crippen molar-refractivity contribution in [3.8, 4) is 5.69 Å². The van der Waals surface area contributed by atoms with E-state index in [9.17, 15) is 17.2 Å². The summed E-state index contributed by atoms with van der Waals surface area (Å²) in [5.74, 6) is -1.14. The molecule has 5 aromatic rings. The van der Waals surface area contributed by atoms with Gasteiger partial charge in [0.25, 0.3) is 0 Å². The van der Waals surface area contributed by atoms with Crippen LogP contribution in [-0.2, 0) is 9.84 Å². The molecule has 0 aliphatic rings. The summed E-state index contributed by atoms with van der Waals surface area (Å²) in [6.07, 6.45) is 0. The highest BCUT2D eigenvalue weighted by molar-refractivity contribution is 7.92.